The van der Waals surface area contributed by atoms with Crippen LogP contribution >= 0.6 is 0 Å². The number of fused-ring (bicyclic) bond motifs is 1. The van der Waals surface area contributed by atoms with E-state index < -0.39 is 10.0 Å². The van der Waals surface area contributed by atoms with Crippen molar-refractivity contribution in [1.82, 2.24) is 0 Å². The lowest BCUT2D eigenvalue weighted by atomic mass is 10.1. The Hall–Kier alpha value is -2.53. The van der Waals surface area contributed by atoms with Crippen LogP contribution in [0.15, 0.2) is 65.6 Å². The maximum atomic E-state index is 12.4. The highest BCUT2D eigenvalue weighted by atomic mass is 32.2. The van der Waals surface area contributed by atoms with E-state index in [4.69, 9.17) is 0 Å². The van der Waals surface area contributed by atoms with Crippen LogP contribution < -0.4 is 4.72 Å². The van der Waals surface area contributed by atoms with E-state index in [0.29, 0.717) is 16.5 Å². The Morgan fingerprint density at radius 2 is 1.68 bits per heavy atom. The first-order chi connectivity index (χ1) is 10.5. The Morgan fingerprint density at radius 3 is 2.41 bits per heavy atom. The molecule has 0 unspecified atom stereocenters. The third-order valence-corrected chi connectivity index (χ3v) is 4.88. The number of benzene rings is 3. The lowest BCUT2D eigenvalue weighted by molar-refractivity contribution is 0.477. The summed E-state index contributed by atoms with van der Waals surface area (Å²) >= 11 is 0. The lowest BCUT2D eigenvalue weighted by Crippen LogP contribution is -2.12. The first kappa shape index (κ1) is 14.4. The van der Waals surface area contributed by atoms with Crippen molar-refractivity contribution < 1.29 is 13.5 Å². The topological polar surface area (TPSA) is 66.4 Å². The number of rotatable bonds is 3. The average Bonchev–Trinajstić information content (AvgIpc) is 2.51. The summed E-state index contributed by atoms with van der Waals surface area (Å²) < 4.78 is 27.4. The molecule has 0 saturated carbocycles. The Kier molecular flexibility index (Phi) is 3.50. The third-order valence-electron chi connectivity index (χ3n) is 3.50. The van der Waals surface area contributed by atoms with Crippen LogP contribution in [0.4, 0.5) is 5.69 Å². The summed E-state index contributed by atoms with van der Waals surface area (Å²) in [6.07, 6.45) is 0. The van der Waals surface area contributed by atoms with Crippen molar-refractivity contribution in [2.45, 2.75) is 11.8 Å². The fraction of sp³-hybridized carbons (Fsp3) is 0.0588. The number of anilines is 1. The van der Waals surface area contributed by atoms with Crippen molar-refractivity contribution in [2.24, 2.45) is 0 Å². The van der Waals surface area contributed by atoms with Gasteiger partial charge in [-0.2, -0.15) is 0 Å². The van der Waals surface area contributed by atoms with Crippen molar-refractivity contribution >= 4 is 26.5 Å². The van der Waals surface area contributed by atoms with Crippen LogP contribution in [0.5, 0.6) is 5.75 Å². The smallest absolute Gasteiger partial charge is 0.261 e. The second-order valence-corrected chi connectivity index (χ2v) is 6.77. The molecule has 112 valence electrons. The van der Waals surface area contributed by atoms with Crippen LogP contribution in [-0.4, -0.2) is 13.5 Å². The van der Waals surface area contributed by atoms with Gasteiger partial charge in [0.1, 0.15) is 5.75 Å². The number of aryl methyl sites for hydroxylation is 1. The molecule has 3 aromatic carbocycles. The van der Waals surface area contributed by atoms with Crippen molar-refractivity contribution in [3.8, 4) is 5.75 Å². The molecule has 0 aliphatic rings. The predicted molar refractivity (Wildman–Crippen MR) is 87.6 cm³/mol. The van der Waals surface area contributed by atoms with Crippen molar-refractivity contribution in [2.75, 3.05) is 4.72 Å². The molecule has 3 aromatic rings. The third kappa shape index (κ3) is 2.63. The summed E-state index contributed by atoms with van der Waals surface area (Å²) in [6, 6.07) is 17.0. The van der Waals surface area contributed by atoms with E-state index in [1.165, 1.54) is 6.07 Å². The first-order valence-electron chi connectivity index (χ1n) is 6.77. The number of aromatic hydroxyl groups is 1. The maximum Gasteiger partial charge on any atom is 0.261 e. The van der Waals surface area contributed by atoms with Crippen molar-refractivity contribution in [3.05, 3.63) is 66.2 Å². The highest BCUT2D eigenvalue weighted by Crippen LogP contribution is 2.30. The SMILES string of the molecule is Cc1ccc2cc(S(=O)(=O)Nc3ccccc3)ccc2c1O. The summed E-state index contributed by atoms with van der Waals surface area (Å²) in [4.78, 5) is 0.159. The fourth-order valence-electron chi connectivity index (χ4n) is 2.29. The van der Waals surface area contributed by atoms with Crippen LogP contribution in [0, 0.1) is 6.92 Å². The fourth-order valence-corrected chi connectivity index (χ4v) is 3.38. The van der Waals surface area contributed by atoms with Gasteiger partial charge in [0, 0.05) is 11.1 Å². The highest BCUT2D eigenvalue weighted by Gasteiger charge is 2.15. The lowest BCUT2D eigenvalue weighted by Gasteiger charge is -2.10. The molecule has 3 rings (SSSR count). The van der Waals surface area contributed by atoms with Crippen LogP contribution in [-0.2, 0) is 10.0 Å². The van der Waals surface area contributed by atoms with E-state index >= 15 is 0 Å². The normalized spacial score (nSPS) is 11.5. The zero-order chi connectivity index (χ0) is 15.7. The van der Waals surface area contributed by atoms with Gasteiger partial charge in [0.2, 0.25) is 0 Å². The quantitative estimate of drug-likeness (QED) is 0.775. The molecule has 0 amide bonds. The van der Waals surface area contributed by atoms with Gasteiger partial charge in [-0.05, 0) is 48.2 Å². The average molecular weight is 313 g/mol. The monoisotopic (exact) mass is 313 g/mol. The minimum Gasteiger partial charge on any atom is -0.507 e. The largest absolute Gasteiger partial charge is 0.507 e. The van der Waals surface area contributed by atoms with E-state index in [1.807, 2.05) is 6.07 Å². The number of hydrogen-bond donors (Lipinski definition) is 2. The molecule has 0 spiro atoms. The minimum absolute atomic E-state index is 0.159. The standard InChI is InChI=1S/C17H15NO3S/c1-12-7-8-13-11-15(9-10-16(13)17(12)19)22(20,21)18-14-5-3-2-4-6-14/h2-11,18-19H,1H3. The first-order valence-corrected chi connectivity index (χ1v) is 8.26. The second-order valence-electron chi connectivity index (χ2n) is 5.09. The van der Waals surface area contributed by atoms with Crippen molar-refractivity contribution in [1.29, 1.82) is 0 Å². The Balaban J connectivity index is 2.04. The number of nitrogens with one attached hydrogen (secondary N) is 1. The summed E-state index contributed by atoms with van der Waals surface area (Å²) in [6.45, 7) is 1.80. The predicted octanol–water partition coefficient (Wildman–Crippen LogP) is 3.65. The molecule has 2 N–H and O–H groups in total. The molecule has 0 heterocycles. The highest BCUT2D eigenvalue weighted by molar-refractivity contribution is 7.92. The van der Waals surface area contributed by atoms with Gasteiger partial charge in [-0.3, -0.25) is 4.72 Å². The van der Waals surface area contributed by atoms with E-state index in [9.17, 15) is 13.5 Å². The van der Waals surface area contributed by atoms with Crippen LogP contribution in [0.1, 0.15) is 5.56 Å². The molecule has 0 aliphatic heterocycles. The number of sulfonamides is 1. The zero-order valence-corrected chi connectivity index (χ0v) is 12.8. The molecule has 0 fully saturated rings. The van der Waals surface area contributed by atoms with Gasteiger partial charge >= 0.3 is 0 Å². The number of phenolic OH excluding ortho intramolecular Hbond substituents is 1. The van der Waals surface area contributed by atoms with Gasteiger partial charge in [0.25, 0.3) is 10.0 Å². The van der Waals surface area contributed by atoms with Gasteiger partial charge < -0.3 is 5.11 Å². The number of phenols is 1. The molecule has 0 atom stereocenters. The van der Waals surface area contributed by atoms with Gasteiger partial charge in [-0.25, -0.2) is 8.42 Å². The number of para-hydroxylation sites is 1. The van der Waals surface area contributed by atoms with E-state index in [-0.39, 0.29) is 10.6 Å². The second kappa shape index (κ2) is 5.35. The van der Waals surface area contributed by atoms with E-state index in [0.717, 1.165) is 5.56 Å². The Labute approximate surface area is 129 Å². The van der Waals surface area contributed by atoms with Crippen LogP contribution in [0.3, 0.4) is 0 Å². The van der Waals surface area contributed by atoms with Crippen molar-refractivity contribution in [3.63, 3.8) is 0 Å². The van der Waals surface area contributed by atoms with Gasteiger partial charge in [0.15, 0.2) is 0 Å². The summed E-state index contributed by atoms with van der Waals surface area (Å²) in [5.74, 6) is 0.178. The number of hydrogen-bond acceptors (Lipinski definition) is 3. The van der Waals surface area contributed by atoms with Crippen LogP contribution in [0.25, 0.3) is 10.8 Å². The molecule has 22 heavy (non-hydrogen) atoms. The van der Waals surface area contributed by atoms with E-state index in [1.54, 1.807) is 55.5 Å². The Bertz CT molecular complexity index is 935. The molecule has 4 nitrogen and oxygen atoms in total. The minimum atomic E-state index is -3.66. The zero-order valence-electron chi connectivity index (χ0n) is 11.9. The summed E-state index contributed by atoms with van der Waals surface area (Å²) in [5.41, 5.74) is 1.26. The summed E-state index contributed by atoms with van der Waals surface area (Å²) in [7, 11) is -3.66. The summed E-state index contributed by atoms with van der Waals surface area (Å²) in [5, 5.41) is 11.3. The molecule has 0 saturated heterocycles. The van der Waals surface area contributed by atoms with Gasteiger partial charge in [-0.1, -0.05) is 30.3 Å². The molecular formula is C17H15NO3S. The van der Waals surface area contributed by atoms with Crippen LogP contribution in [0.2, 0.25) is 0 Å². The Morgan fingerprint density at radius 1 is 0.955 bits per heavy atom. The maximum absolute atomic E-state index is 12.4. The van der Waals surface area contributed by atoms with E-state index in [2.05, 4.69) is 4.72 Å². The molecule has 0 aromatic heterocycles. The molecule has 0 radical (unpaired) electrons. The van der Waals surface area contributed by atoms with Gasteiger partial charge in [-0.15, -0.1) is 0 Å². The van der Waals surface area contributed by atoms with Gasteiger partial charge in [0.05, 0.1) is 4.90 Å². The molecule has 0 aliphatic carbocycles. The molecular weight excluding hydrogens is 298 g/mol. The molecule has 5 heteroatoms. The molecule has 0 bridgehead atoms.